The minimum atomic E-state index is 0.829. The van der Waals surface area contributed by atoms with Gasteiger partial charge in [0.2, 0.25) is 0 Å². The molecule has 1 aromatic carbocycles. The molecule has 0 saturated heterocycles. The monoisotopic (exact) mass is 254 g/mol. The van der Waals surface area contributed by atoms with Crippen molar-refractivity contribution in [2.75, 3.05) is 11.9 Å². The number of hydrogen-bond donors (Lipinski definition) is 2. The van der Waals surface area contributed by atoms with Crippen molar-refractivity contribution < 1.29 is 0 Å². The first kappa shape index (κ1) is 12.1. The van der Waals surface area contributed by atoms with E-state index in [-0.39, 0.29) is 0 Å². The van der Waals surface area contributed by atoms with Crippen LogP contribution in [-0.2, 0) is 13.0 Å². The third-order valence-electron chi connectivity index (χ3n) is 3.36. The number of rotatable bonds is 2. The molecule has 0 saturated carbocycles. The van der Waals surface area contributed by atoms with Gasteiger partial charge in [0.15, 0.2) is 0 Å². The van der Waals surface area contributed by atoms with Crippen LogP contribution >= 0.6 is 0 Å². The van der Waals surface area contributed by atoms with E-state index in [0.29, 0.717) is 0 Å². The third kappa shape index (κ3) is 2.58. The Morgan fingerprint density at radius 2 is 1.89 bits per heavy atom. The van der Waals surface area contributed by atoms with E-state index < -0.39 is 0 Å². The first-order chi connectivity index (χ1) is 9.22. The van der Waals surface area contributed by atoms with Gasteiger partial charge in [-0.1, -0.05) is 17.7 Å². The second-order valence-electron chi connectivity index (χ2n) is 4.96. The van der Waals surface area contributed by atoms with Gasteiger partial charge >= 0.3 is 0 Å². The fourth-order valence-corrected chi connectivity index (χ4v) is 2.34. The van der Waals surface area contributed by atoms with Crippen LogP contribution in [0, 0.1) is 13.8 Å². The third-order valence-corrected chi connectivity index (χ3v) is 3.36. The zero-order valence-corrected chi connectivity index (χ0v) is 11.3. The maximum Gasteiger partial charge on any atom is 0.138 e. The molecule has 0 unspecified atom stereocenters. The number of aromatic nitrogens is 2. The highest BCUT2D eigenvalue weighted by atomic mass is 15.1. The molecule has 98 valence electrons. The molecule has 0 fully saturated rings. The zero-order chi connectivity index (χ0) is 13.2. The van der Waals surface area contributed by atoms with Crippen LogP contribution in [0.4, 0.5) is 11.5 Å². The largest absolute Gasteiger partial charge is 0.340 e. The Morgan fingerprint density at radius 3 is 2.68 bits per heavy atom. The molecular formula is C15H18N4. The Hall–Kier alpha value is -1.94. The van der Waals surface area contributed by atoms with E-state index in [0.717, 1.165) is 36.8 Å². The number of fused-ring (bicyclic) bond motifs is 1. The molecule has 1 aromatic heterocycles. The summed E-state index contributed by atoms with van der Waals surface area (Å²) in [5, 5.41) is 6.78. The van der Waals surface area contributed by atoms with Crippen molar-refractivity contribution in [2.45, 2.75) is 26.8 Å². The average molecular weight is 254 g/mol. The number of benzene rings is 1. The SMILES string of the molecule is Cc1ccc(Nc2nc(C)nc3c2CNCC3)cc1. The summed E-state index contributed by atoms with van der Waals surface area (Å²) in [5.41, 5.74) is 4.68. The fraction of sp³-hybridized carbons (Fsp3) is 0.333. The van der Waals surface area contributed by atoms with E-state index in [2.05, 4.69) is 51.8 Å². The fourth-order valence-electron chi connectivity index (χ4n) is 2.34. The van der Waals surface area contributed by atoms with Gasteiger partial charge in [0.1, 0.15) is 11.6 Å². The second kappa shape index (κ2) is 4.97. The molecule has 3 rings (SSSR count). The Morgan fingerprint density at radius 1 is 1.11 bits per heavy atom. The van der Waals surface area contributed by atoms with Crippen molar-refractivity contribution in [1.29, 1.82) is 0 Å². The van der Waals surface area contributed by atoms with Crippen LogP contribution in [0.1, 0.15) is 22.6 Å². The van der Waals surface area contributed by atoms with Crippen LogP contribution in [0.2, 0.25) is 0 Å². The predicted octanol–water partition coefficient (Wildman–Crippen LogP) is 2.48. The van der Waals surface area contributed by atoms with Gasteiger partial charge < -0.3 is 10.6 Å². The number of anilines is 2. The van der Waals surface area contributed by atoms with Crippen LogP contribution in [0.3, 0.4) is 0 Å². The van der Waals surface area contributed by atoms with Gasteiger partial charge in [-0.2, -0.15) is 0 Å². The van der Waals surface area contributed by atoms with Crippen LogP contribution in [-0.4, -0.2) is 16.5 Å². The number of aryl methyl sites for hydroxylation is 2. The van der Waals surface area contributed by atoms with Crippen LogP contribution in [0.15, 0.2) is 24.3 Å². The summed E-state index contributed by atoms with van der Waals surface area (Å²) >= 11 is 0. The first-order valence-corrected chi connectivity index (χ1v) is 6.63. The Balaban J connectivity index is 1.95. The Labute approximate surface area is 113 Å². The minimum absolute atomic E-state index is 0.829. The Bertz CT molecular complexity index is 590. The number of nitrogens with one attached hydrogen (secondary N) is 2. The normalized spacial score (nSPS) is 14.0. The van der Waals surface area contributed by atoms with Crippen molar-refractivity contribution in [1.82, 2.24) is 15.3 Å². The summed E-state index contributed by atoms with van der Waals surface area (Å²) in [5.74, 6) is 1.76. The molecule has 0 atom stereocenters. The lowest BCUT2D eigenvalue weighted by molar-refractivity contribution is 0.625. The van der Waals surface area contributed by atoms with Gasteiger partial charge in [0, 0.05) is 30.8 Å². The van der Waals surface area contributed by atoms with E-state index in [1.165, 1.54) is 16.8 Å². The van der Waals surface area contributed by atoms with Gasteiger partial charge in [0.05, 0.1) is 5.69 Å². The molecule has 1 aliphatic rings. The van der Waals surface area contributed by atoms with Gasteiger partial charge in [0.25, 0.3) is 0 Å². The van der Waals surface area contributed by atoms with Crippen molar-refractivity contribution >= 4 is 11.5 Å². The molecule has 0 amide bonds. The van der Waals surface area contributed by atoms with Crippen molar-refractivity contribution in [3.63, 3.8) is 0 Å². The summed E-state index contributed by atoms with van der Waals surface area (Å²) in [6, 6.07) is 8.35. The number of hydrogen-bond acceptors (Lipinski definition) is 4. The Kier molecular flexibility index (Phi) is 3.17. The molecule has 0 radical (unpaired) electrons. The van der Waals surface area contributed by atoms with Crippen LogP contribution < -0.4 is 10.6 Å². The molecule has 2 heterocycles. The smallest absolute Gasteiger partial charge is 0.138 e. The van der Waals surface area contributed by atoms with Gasteiger partial charge in [-0.25, -0.2) is 9.97 Å². The standard InChI is InChI=1S/C15H18N4/c1-10-3-5-12(6-4-10)19-15-13-9-16-8-7-14(13)17-11(2)18-15/h3-6,16H,7-9H2,1-2H3,(H,17,18,19). The molecule has 1 aliphatic heterocycles. The lowest BCUT2D eigenvalue weighted by Crippen LogP contribution is -2.26. The number of nitrogens with zero attached hydrogens (tertiary/aromatic N) is 2. The van der Waals surface area contributed by atoms with Crippen molar-refractivity contribution in [2.24, 2.45) is 0 Å². The van der Waals surface area contributed by atoms with Gasteiger partial charge in [-0.3, -0.25) is 0 Å². The molecular weight excluding hydrogens is 236 g/mol. The predicted molar refractivity (Wildman–Crippen MR) is 76.6 cm³/mol. The maximum atomic E-state index is 4.54. The first-order valence-electron chi connectivity index (χ1n) is 6.63. The lowest BCUT2D eigenvalue weighted by atomic mass is 10.1. The van der Waals surface area contributed by atoms with Gasteiger partial charge in [-0.15, -0.1) is 0 Å². The molecule has 0 aliphatic carbocycles. The molecule has 19 heavy (non-hydrogen) atoms. The molecule has 0 spiro atoms. The van der Waals surface area contributed by atoms with Crippen LogP contribution in [0.25, 0.3) is 0 Å². The maximum absolute atomic E-state index is 4.54. The molecule has 2 aromatic rings. The molecule has 0 bridgehead atoms. The molecule has 2 N–H and O–H groups in total. The van der Waals surface area contributed by atoms with E-state index in [1.54, 1.807) is 0 Å². The summed E-state index contributed by atoms with van der Waals surface area (Å²) in [7, 11) is 0. The summed E-state index contributed by atoms with van der Waals surface area (Å²) in [6.45, 7) is 5.87. The van der Waals surface area contributed by atoms with Crippen molar-refractivity contribution in [3.8, 4) is 0 Å². The highest BCUT2D eigenvalue weighted by Gasteiger charge is 2.16. The van der Waals surface area contributed by atoms with E-state index >= 15 is 0 Å². The highest BCUT2D eigenvalue weighted by Crippen LogP contribution is 2.23. The van der Waals surface area contributed by atoms with Crippen LogP contribution in [0.5, 0.6) is 0 Å². The lowest BCUT2D eigenvalue weighted by Gasteiger charge is -2.20. The summed E-state index contributed by atoms with van der Waals surface area (Å²) < 4.78 is 0. The van der Waals surface area contributed by atoms with E-state index in [4.69, 9.17) is 0 Å². The zero-order valence-electron chi connectivity index (χ0n) is 11.3. The van der Waals surface area contributed by atoms with E-state index in [9.17, 15) is 0 Å². The highest BCUT2D eigenvalue weighted by molar-refractivity contribution is 5.60. The molecule has 4 heteroatoms. The average Bonchev–Trinajstić information content (AvgIpc) is 2.41. The summed E-state index contributed by atoms with van der Waals surface area (Å²) in [6.07, 6.45) is 0.973. The van der Waals surface area contributed by atoms with E-state index in [1.807, 2.05) is 6.92 Å². The van der Waals surface area contributed by atoms with Crippen molar-refractivity contribution in [3.05, 3.63) is 46.9 Å². The molecule has 4 nitrogen and oxygen atoms in total. The minimum Gasteiger partial charge on any atom is -0.340 e. The van der Waals surface area contributed by atoms with Gasteiger partial charge in [-0.05, 0) is 26.0 Å². The topological polar surface area (TPSA) is 49.8 Å². The quantitative estimate of drug-likeness (QED) is 0.864. The second-order valence-corrected chi connectivity index (χ2v) is 4.96. The summed E-state index contributed by atoms with van der Waals surface area (Å²) in [4.78, 5) is 9.08.